The second kappa shape index (κ2) is 6.40. The topological polar surface area (TPSA) is 55.4 Å². The zero-order valence-corrected chi connectivity index (χ0v) is 11.8. The molecule has 0 aromatic heterocycles. The molecule has 0 aliphatic rings. The first-order valence-electron chi connectivity index (χ1n) is 5.79. The fourth-order valence-electron chi connectivity index (χ4n) is 1.30. The zero-order valence-electron chi connectivity index (χ0n) is 11.0. The SMILES string of the molecule is C#C[C@@](C)(CC)OC(=O)NC(=O)c1c(F)cccc1Cl. The number of terminal acetylenes is 1. The maximum atomic E-state index is 13.5. The van der Waals surface area contributed by atoms with Gasteiger partial charge in [-0.05, 0) is 25.5 Å². The molecule has 20 heavy (non-hydrogen) atoms. The molecule has 0 radical (unpaired) electrons. The van der Waals surface area contributed by atoms with Gasteiger partial charge in [0.05, 0.1) is 10.6 Å². The Morgan fingerprint density at radius 1 is 1.55 bits per heavy atom. The van der Waals surface area contributed by atoms with Crippen LogP contribution >= 0.6 is 11.6 Å². The van der Waals surface area contributed by atoms with Gasteiger partial charge < -0.3 is 4.74 Å². The Balaban J connectivity index is 2.82. The number of alkyl carbamates (subject to hydrolysis) is 1. The van der Waals surface area contributed by atoms with Crippen molar-refractivity contribution in [2.45, 2.75) is 25.9 Å². The van der Waals surface area contributed by atoms with E-state index in [1.165, 1.54) is 19.1 Å². The van der Waals surface area contributed by atoms with Crippen LogP contribution < -0.4 is 5.32 Å². The van der Waals surface area contributed by atoms with E-state index in [-0.39, 0.29) is 5.02 Å². The zero-order chi connectivity index (χ0) is 15.3. The van der Waals surface area contributed by atoms with Gasteiger partial charge in [-0.1, -0.05) is 30.5 Å². The lowest BCUT2D eigenvalue weighted by atomic mass is 10.1. The Morgan fingerprint density at radius 3 is 2.70 bits per heavy atom. The minimum atomic E-state index is -1.14. The highest BCUT2D eigenvalue weighted by molar-refractivity contribution is 6.34. The van der Waals surface area contributed by atoms with Crippen LogP contribution in [0.1, 0.15) is 30.6 Å². The molecule has 1 aromatic carbocycles. The number of benzene rings is 1. The normalized spacial score (nSPS) is 12.9. The third kappa shape index (κ3) is 3.72. The molecule has 1 atom stereocenters. The first-order valence-corrected chi connectivity index (χ1v) is 6.17. The third-order valence-electron chi connectivity index (χ3n) is 2.70. The first-order chi connectivity index (χ1) is 9.33. The molecular formula is C14H13ClFNO3. The monoisotopic (exact) mass is 297 g/mol. The van der Waals surface area contributed by atoms with Crippen molar-refractivity contribution in [1.82, 2.24) is 5.32 Å². The molecule has 0 saturated carbocycles. The standard InChI is InChI=1S/C14H13ClFNO3/c1-4-14(3,5-2)20-13(19)17-12(18)11-9(15)7-6-8-10(11)16/h1,6-8H,5H2,2-3H3,(H,17,18,19)/t14-/m0/s1. The molecule has 2 amide bonds. The molecule has 0 heterocycles. The van der Waals surface area contributed by atoms with E-state index in [1.54, 1.807) is 6.92 Å². The van der Waals surface area contributed by atoms with Gasteiger partial charge in [-0.3, -0.25) is 10.1 Å². The van der Waals surface area contributed by atoms with Crippen LogP contribution in [0, 0.1) is 18.2 Å². The summed E-state index contributed by atoms with van der Waals surface area (Å²) in [5.74, 6) is 0.473. The van der Waals surface area contributed by atoms with Crippen molar-refractivity contribution in [2.24, 2.45) is 0 Å². The van der Waals surface area contributed by atoms with Crippen molar-refractivity contribution in [1.29, 1.82) is 0 Å². The highest BCUT2D eigenvalue weighted by atomic mass is 35.5. The second-order valence-corrected chi connectivity index (χ2v) is 4.58. The van der Waals surface area contributed by atoms with Gasteiger partial charge >= 0.3 is 6.09 Å². The van der Waals surface area contributed by atoms with E-state index in [4.69, 9.17) is 22.8 Å². The van der Waals surface area contributed by atoms with Gasteiger partial charge in [0.2, 0.25) is 0 Å². The number of rotatable bonds is 3. The van der Waals surface area contributed by atoms with E-state index in [9.17, 15) is 14.0 Å². The smallest absolute Gasteiger partial charge is 0.415 e. The van der Waals surface area contributed by atoms with Crippen LogP contribution in [-0.2, 0) is 4.74 Å². The van der Waals surface area contributed by atoms with E-state index in [0.29, 0.717) is 6.42 Å². The molecule has 0 saturated heterocycles. The summed E-state index contributed by atoms with van der Waals surface area (Å²) in [6, 6.07) is 3.74. The Morgan fingerprint density at radius 2 is 2.20 bits per heavy atom. The lowest BCUT2D eigenvalue weighted by Crippen LogP contribution is -2.38. The summed E-state index contributed by atoms with van der Waals surface area (Å²) in [7, 11) is 0. The van der Waals surface area contributed by atoms with Crippen molar-refractivity contribution in [3.63, 3.8) is 0 Å². The van der Waals surface area contributed by atoms with Crippen LogP contribution in [0.15, 0.2) is 18.2 Å². The molecule has 0 bridgehead atoms. The molecule has 0 spiro atoms. The molecule has 0 aliphatic carbocycles. The van der Waals surface area contributed by atoms with Crippen molar-refractivity contribution in [2.75, 3.05) is 0 Å². The van der Waals surface area contributed by atoms with Crippen molar-refractivity contribution >= 4 is 23.6 Å². The van der Waals surface area contributed by atoms with Gasteiger partial charge in [0, 0.05) is 0 Å². The van der Waals surface area contributed by atoms with Gasteiger partial charge in [0.25, 0.3) is 5.91 Å². The number of hydrogen-bond donors (Lipinski definition) is 1. The maximum Gasteiger partial charge on any atom is 0.415 e. The number of carbonyl (C=O) groups is 2. The highest BCUT2D eigenvalue weighted by Crippen LogP contribution is 2.19. The average molecular weight is 298 g/mol. The van der Waals surface area contributed by atoms with Gasteiger partial charge in [-0.2, -0.15) is 0 Å². The summed E-state index contributed by atoms with van der Waals surface area (Å²) in [6.07, 6.45) is 4.54. The molecular weight excluding hydrogens is 285 g/mol. The molecule has 0 unspecified atom stereocenters. The van der Waals surface area contributed by atoms with E-state index in [0.717, 1.165) is 6.07 Å². The fourth-order valence-corrected chi connectivity index (χ4v) is 1.55. The van der Waals surface area contributed by atoms with E-state index in [2.05, 4.69) is 5.92 Å². The molecule has 1 N–H and O–H groups in total. The highest BCUT2D eigenvalue weighted by Gasteiger charge is 2.26. The first kappa shape index (κ1) is 16.0. The summed E-state index contributed by atoms with van der Waals surface area (Å²) >= 11 is 5.71. The summed E-state index contributed by atoms with van der Waals surface area (Å²) in [5, 5.41) is 1.78. The van der Waals surface area contributed by atoms with Crippen molar-refractivity contribution in [3.8, 4) is 12.3 Å². The van der Waals surface area contributed by atoms with E-state index < -0.39 is 29.0 Å². The molecule has 1 rings (SSSR count). The molecule has 0 aliphatic heterocycles. The van der Waals surface area contributed by atoms with Gasteiger partial charge in [0.1, 0.15) is 5.82 Å². The van der Waals surface area contributed by atoms with Gasteiger partial charge in [-0.15, -0.1) is 6.42 Å². The van der Waals surface area contributed by atoms with Crippen LogP contribution in [0.4, 0.5) is 9.18 Å². The number of imide groups is 1. The molecule has 6 heteroatoms. The quantitative estimate of drug-likeness (QED) is 0.872. The maximum absolute atomic E-state index is 13.5. The lowest BCUT2D eigenvalue weighted by molar-refractivity contribution is 0.0601. The number of nitrogens with one attached hydrogen (secondary N) is 1. The van der Waals surface area contributed by atoms with E-state index >= 15 is 0 Å². The minimum Gasteiger partial charge on any atom is -0.430 e. The Labute approximate surface area is 121 Å². The molecule has 1 aromatic rings. The van der Waals surface area contributed by atoms with Crippen molar-refractivity contribution in [3.05, 3.63) is 34.6 Å². The molecule has 0 fully saturated rings. The van der Waals surface area contributed by atoms with Crippen LogP contribution in [0.5, 0.6) is 0 Å². The number of halogens is 2. The number of ether oxygens (including phenoxy) is 1. The number of hydrogen-bond acceptors (Lipinski definition) is 3. The predicted molar refractivity (Wildman–Crippen MR) is 72.9 cm³/mol. The lowest BCUT2D eigenvalue weighted by Gasteiger charge is -2.21. The Kier molecular flexibility index (Phi) is 5.12. The minimum absolute atomic E-state index is 0.106. The van der Waals surface area contributed by atoms with Crippen molar-refractivity contribution < 1.29 is 18.7 Å². The number of carbonyl (C=O) groups excluding carboxylic acids is 2. The largest absolute Gasteiger partial charge is 0.430 e. The molecule has 106 valence electrons. The third-order valence-corrected chi connectivity index (χ3v) is 3.02. The van der Waals surface area contributed by atoms with Crippen LogP contribution in [0.2, 0.25) is 5.02 Å². The Bertz CT molecular complexity index is 562. The van der Waals surface area contributed by atoms with Crippen LogP contribution in [0.25, 0.3) is 0 Å². The van der Waals surface area contributed by atoms with Crippen LogP contribution in [0.3, 0.4) is 0 Å². The van der Waals surface area contributed by atoms with Gasteiger partial charge in [-0.25, -0.2) is 9.18 Å². The van der Waals surface area contributed by atoms with E-state index in [1.807, 2.05) is 5.32 Å². The summed E-state index contributed by atoms with van der Waals surface area (Å²) in [4.78, 5) is 23.3. The second-order valence-electron chi connectivity index (χ2n) is 4.17. The summed E-state index contributed by atoms with van der Waals surface area (Å²) in [6.45, 7) is 3.25. The predicted octanol–water partition coefficient (Wildman–Crippen LogP) is 3.15. The summed E-state index contributed by atoms with van der Waals surface area (Å²) in [5.41, 5.74) is -1.56. The summed E-state index contributed by atoms with van der Waals surface area (Å²) < 4.78 is 18.4. The van der Waals surface area contributed by atoms with Gasteiger partial charge in [0.15, 0.2) is 5.60 Å². The van der Waals surface area contributed by atoms with Crippen LogP contribution in [-0.4, -0.2) is 17.6 Å². The average Bonchev–Trinajstić information content (AvgIpc) is 2.38. The number of amides is 2. The molecule has 4 nitrogen and oxygen atoms in total. The fraction of sp³-hybridized carbons (Fsp3) is 0.286. The Hall–Kier alpha value is -2.06.